The first-order valence-corrected chi connectivity index (χ1v) is 17.5. The van der Waals surface area contributed by atoms with Crippen molar-refractivity contribution in [1.29, 1.82) is 0 Å². The molecule has 1 fully saturated rings. The molecule has 0 aromatic heterocycles. The number of hydrogen-bond donors (Lipinski definition) is 2. The second kappa shape index (κ2) is 16.9. The lowest BCUT2D eigenvalue weighted by Crippen LogP contribution is -2.67. The normalized spacial score (nSPS) is 22.2. The third-order valence-electron chi connectivity index (χ3n) is 8.39. The Kier molecular flexibility index (Phi) is 14.0. The van der Waals surface area contributed by atoms with Crippen LogP contribution in [0.5, 0.6) is 0 Å². The van der Waals surface area contributed by atoms with Gasteiger partial charge in [-0.15, -0.1) is 0 Å². The van der Waals surface area contributed by atoms with Gasteiger partial charge in [-0.1, -0.05) is 140 Å². The first kappa shape index (κ1) is 33.9. The Morgan fingerprint density at radius 1 is 0.805 bits per heavy atom. The molecule has 5 atom stereocenters. The highest BCUT2D eigenvalue weighted by Gasteiger charge is 2.52. The summed E-state index contributed by atoms with van der Waals surface area (Å²) in [5, 5.41) is 24.4. The van der Waals surface area contributed by atoms with E-state index in [4.69, 9.17) is 18.6 Å². The molecular weight excluding hydrogens is 532 g/mol. The second-order valence-electron chi connectivity index (χ2n) is 12.5. The van der Waals surface area contributed by atoms with E-state index in [0.29, 0.717) is 0 Å². The Hall–Kier alpha value is -1.58. The number of hydrogen-bond acceptors (Lipinski definition) is 6. The van der Waals surface area contributed by atoms with Crippen molar-refractivity contribution in [1.82, 2.24) is 0 Å². The van der Waals surface area contributed by atoms with E-state index >= 15 is 0 Å². The lowest BCUT2D eigenvalue weighted by molar-refractivity contribution is -0.144. The lowest BCUT2D eigenvalue weighted by Gasteiger charge is -2.43. The van der Waals surface area contributed by atoms with Crippen molar-refractivity contribution in [2.45, 2.75) is 121 Å². The topological polar surface area (TPSA) is 77.4 Å². The molecule has 0 amide bonds. The average molecular weight is 587 g/mol. The van der Waals surface area contributed by atoms with Crippen molar-refractivity contribution in [2.75, 3.05) is 20.5 Å². The molecule has 7 heteroatoms. The van der Waals surface area contributed by atoms with Crippen LogP contribution < -0.4 is 10.4 Å². The van der Waals surface area contributed by atoms with Crippen molar-refractivity contribution in [3.8, 4) is 0 Å². The standard InChI is InChI=1S/C34H54O6Si/c1-6-7-8-9-10-11-12-19-24-29(38-26-37-5)33-32(36)31(35)30(40-33)25-39-41(34(2,3)4,27-20-15-13-16-21-27)28-22-17-14-18-23-28/h13-18,20-23,29-33,35-36H,6-12,19,24-26H2,1-5H3/t29-,30-,31+,32-,33-/m0/s1. The van der Waals surface area contributed by atoms with E-state index in [9.17, 15) is 10.2 Å². The van der Waals surface area contributed by atoms with E-state index in [2.05, 4.69) is 76.2 Å². The van der Waals surface area contributed by atoms with Gasteiger partial charge in [-0.3, -0.25) is 0 Å². The van der Waals surface area contributed by atoms with Crippen LogP contribution in [0.4, 0.5) is 0 Å². The number of ether oxygens (including phenoxy) is 3. The van der Waals surface area contributed by atoms with E-state index in [-0.39, 0.29) is 24.5 Å². The maximum atomic E-state index is 11.1. The van der Waals surface area contributed by atoms with Crippen LogP contribution >= 0.6 is 0 Å². The number of rotatable bonds is 18. The molecule has 0 bridgehead atoms. The molecular formula is C34H54O6Si. The highest BCUT2D eigenvalue weighted by Crippen LogP contribution is 2.38. The minimum Gasteiger partial charge on any atom is -0.405 e. The highest BCUT2D eigenvalue weighted by molar-refractivity contribution is 6.99. The number of aliphatic hydroxyl groups is 2. The summed E-state index contributed by atoms with van der Waals surface area (Å²) in [6.45, 7) is 9.21. The molecule has 6 nitrogen and oxygen atoms in total. The summed E-state index contributed by atoms with van der Waals surface area (Å²) < 4.78 is 24.6. The van der Waals surface area contributed by atoms with E-state index in [1.165, 1.54) is 48.9 Å². The second-order valence-corrected chi connectivity index (χ2v) is 16.8. The fourth-order valence-electron chi connectivity index (χ4n) is 6.17. The Bertz CT molecular complexity index is 927. The van der Waals surface area contributed by atoms with Gasteiger partial charge in [-0.05, 0) is 21.8 Å². The zero-order valence-electron chi connectivity index (χ0n) is 26.0. The summed E-state index contributed by atoms with van der Waals surface area (Å²) in [6.07, 6.45) is 6.69. The van der Waals surface area contributed by atoms with Gasteiger partial charge < -0.3 is 28.8 Å². The van der Waals surface area contributed by atoms with Gasteiger partial charge in [0.1, 0.15) is 31.2 Å². The predicted octanol–water partition coefficient (Wildman–Crippen LogP) is 5.57. The van der Waals surface area contributed by atoms with Gasteiger partial charge >= 0.3 is 0 Å². The molecule has 0 unspecified atom stereocenters. The SMILES string of the molecule is CCCCCCCCCC[C@H](OCOC)[C@@H]1O[C@@H](CO[Si](c2ccccc2)(c2ccccc2)C(C)(C)C)[C@@H](O)[C@@H]1O. The van der Waals surface area contributed by atoms with Gasteiger partial charge in [0.05, 0.1) is 12.7 Å². The third kappa shape index (κ3) is 8.96. The molecule has 0 aliphatic carbocycles. The summed E-state index contributed by atoms with van der Waals surface area (Å²) >= 11 is 0. The summed E-state index contributed by atoms with van der Waals surface area (Å²) in [5.41, 5.74) is 0. The molecule has 0 saturated carbocycles. The van der Waals surface area contributed by atoms with Gasteiger partial charge in [0, 0.05) is 7.11 Å². The van der Waals surface area contributed by atoms with Crippen molar-refractivity contribution in [2.24, 2.45) is 0 Å². The molecule has 1 heterocycles. The molecule has 2 aromatic rings. The van der Waals surface area contributed by atoms with Crippen molar-refractivity contribution in [3.63, 3.8) is 0 Å². The van der Waals surface area contributed by atoms with Crippen LogP contribution in [0.25, 0.3) is 0 Å². The minimum absolute atomic E-state index is 0.119. The van der Waals surface area contributed by atoms with Gasteiger partial charge in [-0.25, -0.2) is 0 Å². The number of methoxy groups -OCH3 is 1. The van der Waals surface area contributed by atoms with Crippen LogP contribution in [0.3, 0.4) is 0 Å². The highest BCUT2D eigenvalue weighted by atomic mass is 28.4. The molecule has 41 heavy (non-hydrogen) atoms. The van der Waals surface area contributed by atoms with Crippen LogP contribution in [0.15, 0.2) is 60.7 Å². The van der Waals surface area contributed by atoms with Crippen LogP contribution in [0, 0.1) is 0 Å². The van der Waals surface area contributed by atoms with E-state index in [1.807, 2.05) is 12.1 Å². The lowest BCUT2D eigenvalue weighted by atomic mass is 9.99. The van der Waals surface area contributed by atoms with E-state index in [0.717, 1.165) is 19.3 Å². The molecule has 0 radical (unpaired) electrons. The van der Waals surface area contributed by atoms with Gasteiger partial charge in [0.25, 0.3) is 8.32 Å². The third-order valence-corrected chi connectivity index (χ3v) is 13.4. The molecule has 3 rings (SSSR count). The molecule has 1 aliphatic heterocycles. The molecule has 1 saturated heterocycles. The van der Waals surface area contributed by atoms with Crippen molar-refractivity contribution in [3.05, 3.63) is 60.7 Å². The summed E-state index contributed by atoms with van der Waals surface area (Å²) in [5.74, 6) is 0. The van der Waals surface area contributed by atoms with Crippen molar-refractivity contribution < 1.29 is 28.8 Å². The Balaban J connectivity index is 1.72. The monoisotopic (exact) mass is 586 g/mol. The van der Waals surface area contributed by atoms with E-state index in [1.54, 1.807) is 7.11 Å². The van der Waals surface area contributed by atoms with Crippen LogP contribution in [0.1, 0.15) is 85.5 Å². The Morgan fingerprint density at radius 3 is 1.85 bits per heavy atom. The molecule has 230 valence electrons. The quantitative estimate of drug-likeness (QED) is 0.135. The number of aliphatic hydroxyl groups excluding tert-OH is 2. The largest absolute Gasteiger partial charge is 0.405 e. The molecule has 1 aliphatic rings. The smallest absolute Gasteiger partial charge is 0.261 e. The first-order chi connectivity index (χ1) is 19.8. The fourth-order valence-corrected chi connectivity index (χ4v) is 10.7. The zero-order valence-corrected chi connectivity index (χ0v) is 27.0. The minimum atomic E-state index is -2.81. The molecule has 0 spiro atoms. The van der Waals surface area contributed by atoms with E-state index < -0.39 is 32.7 Å². The summed E-state index contributed by atoms with van der Waals surface area (Å²) in [7, 11) is -1.21. The van der Waals surface area contributed by atoms with Gasteiger partial charge in [-0.2, -0.15) is 0 Å². The predicted molar refractivity (Wildman–Crippen MR) is 168 cm³/mol. The maximum absolute atomic E-state index is 11.1. The summed E-state index contributed by atoms with van der Waals surface area (Å²) in [6, 6.07) is 20.8. The average Bonchev–Trinajstić information content (AvgIpc) is 3.25. The van der Waals surface area contributed by atoms with Crippen LogP contribution in [-0.4, -0.2) is 69.6 Å². The summed E-state index contributed by atoms with van der Waals surface area (Å²) in [4.78, 5) is 0. The zero-order chi connectivity index (χ0) is 29.7. The van der Waals surface area contributed by atoms with Crippen LogP contribution in [0.2, 0.25) is 5.04 Å². The first-order valence-electron chi connectivity index (χ1n) is 15.6. The van der Waals surface area contributed by atoms with Crippen LogP contribution in [-0.2, 0) is 18.6 Å². The number of benzene rings is 2. The Morgan fingerprint density at radius 2 is 1.34 bits per heavy atom. The molecule has 2 N–H and O–H groups in total. The maximum Gasteiger partial charge on any atom is 0.261 e. The fraction of sp³-hybridized carbons (Fsp3) is 0.647. The Labute approximate surface area is 249 Å². The van der Waals surface area contributed by atoms with Gasteiger partial charge in [0.15, 0.2) is 0 Å². The molecule has 2 aromatic carbocycles. The number of unbranched alkanes of at least 4 members (excludes halogenated alkanes) is 7. The van der Waals surface area contributed by atoms with Gasteiger partial charge in [0.2, 0.25) is 0 Å². The van der Waals surface area contributed by atoms with Crippen molar-refractivity contribution >= 4 is 18.7 Å².